The van der Waals surface area contributed by atoms with Crippen LogP contribution < -0.4 is 14.8 Å². The number of ether oxygens (including phenoxy) is 3. The highest BCUT2D eigenvalue weighted by Crippen LogP contribution is 2.37. The van der Waals surface area contributed by atoms with Crippen LogP contribution >= 0.6 is 15.9 Å². The van der Waals surface area contributed by atoms with Gasteiger partial charge in [-0.3, -0.25) is 0 Å². The fourth-order valence-electron chi connectivity index (χ4n) is 1.90. The topological polar surface area (TPSA) is 39.7 Å². The van der Waals surface area contributed by atoms with E-state index in [9.17, 15) is 0 Å². The normalized spacial score (nSPS) is 10.7. The third-order valence-electron chi connectivity index (χ3n) is 2.85. The van der Waals surface area contributed by atoms with E-state index in [2.05, 4.69) is 34.2 Å². The second-order valence-electron chi connectivity index (χ2n) is 4.71. The van der Waals surface area contributed by atoms with Gasteiger partial charge in [0, 0.05) is 20.3 Å². The summed E-state index contributed by atoms with van der Waals surface area (Å²) < 4.78 is 17.4. The Morgan fingerprint density at radius 1 is 1.14 bits per heavy atom. The zero-order chi connectivity index (χ0) is 15.5. The molecule has 0 aromatic heterocycles. The van der Waals surface area contributed by atoms with Crippen molar-refractivity contribution in [1.29, 1.82) is 0 Å². The summed E-state index contributed by atoms with van der Waals surface area (Å²) in [5.41, 5.74) is 1.17. The van der Waals surface area contributed by atoms with Crippen molar-refractivity contribution in [3.05, 3.63) is 22.2 Å². The number of hydrogen-bond acceptors (Lipinski definition) is 4. The standard InChI is InChI=1S/C16H26BrNO3/c1-4-8-21-16-14(17)10-13(11-15(16)20-5-2)12-18-7-6-9-19-3/h10-11,18H,4-9,12H2,1-3H3. The van der Waals surface area contributed by atoms with Gasteiger partial charge >= 0.3 is 0 Å². The lowest BCUT2D eigenvalue weighted by Gasteiger charge is -2.15. The molecule has 4 nitrogen and oxygen atoms in total. The third kappa shape index (κ3) is 6.68. The first-order valence-electron chi connectivity index (χ1n) is 7.50. The molecule has 0 aliphatic carbocycles. The van der Waals surface area contributed by atoms with Crippen molar-refractivity contribution in [2.75, 3.05) is 33.5 Å². The molecule has 0 saturated carbocycles. The van der Waals surface area contributed by atoms with Crippen LogP contribution in [0.3, 0.4) is 0 Å². The molecule has 0 unspecified atom stereocenters. The highest BCUT2D eigenvalue weighted by molar-refractivity contribution is 9.10. The molecular weight excluding hydrogens is 334 g/mol. The smallest absolute Gasteiger partial charge is 0.175 e. The molecule has 0 amide bonds. The van der Waals surface area contributed by atoms with Gasteiger partial charge in [-0.15, -0.1) is 0 Å². The molecule has 0 spiro atoms. The lowest BCUT2D eigenvalue weighted by molar-refractivity contribution is 0.194. The summed E-state index contributed by atoms with van der Waals surface area (Å²) in [6.45, 7) is 7.90. The first kappa shape index (κ1) is 18.3. The van der Waals surface area contributed by atoms with Crippen LogP contribution in [0.1, 0.15) is 32.3 Å². The molecule has 21 heavy (non-hydrogen) atoms. The Hall–Kier alpha value is -0.780. The van der Waals surface area contributed by atoms with Gasteiger partial charge in [0.1, 0.15) is 0 Å². The highest BCUT2D eigenvalue weighted by atomic mass is 79.9. The Labute approximate surface area is 136 Å². The van der Waals surface area contributed by atoms with E-state index < -0.39 is 0 Å². The molecule has 1 rings (SSSR count). The Balaban J connectivity index is 2.68. The van der Waals surface area contributed by atoms with Gasteiger partial charge < -0.3 is 19.5 Å². The van der Waals surface area contributed by atoms with Gasteiger partial charge in [-0.1, -0.05) is 6.92 Å². The fourth-order valence-corrected chi connectivity index (χ4v) is 2.51. The predicted octanol–water partition coefficient (Wildman–Crippen LogP) is 3.76. The first-order chi connectivity index (χ1) is 10.2. The highest BCUT2D eigenvalue weighted by Gasteiger charge is 2.12. The maximum Gasteiger partial charge on any atom is 0.175 e. The van der Waals surface area contributed by atoms with Gasteiger partial charge in [-0.25, -0.2) is 0 Å². The molecule has 0 fully saturated rings. The maximum atomic E-state index is 5.77. The molecule has 1 N–H and O–H groups in total. The average molecular weight is 360 g/mol. The number of halogens is 1. The third-order valence-corrected chi connectivity index (χ3v) is 3.44. The van der Waals surface area contributed by atoms with E-state index in [1.54, 1.807) is 7.11 Å². The van der Waals surface area contributed by atoms with Crippen LogP contribution in [0, 0.1) is 0 Å². The molecule has 1 aromatic carbocycles. The van der Waals surface area contributed by atoms with Gasteiger partial charge in [-0.2, -0.15) is 0 Å². The number of rotatable bonds is 11. The summed E-state index contributed by atoms with van der Waals surface area (Å²) in [5.74, 6) is 1.59. The molecule has 0 saturated heterocycles. The second kappa shape index (κ2) is 10.9. The SMILES string of the molecule is CCCOc1c(Br)cc(CNCCCOC)cc1OCC. The quantitative estimate of drug-likeness (QED) is 0.610. The van der Waals surface area contributed by atoms with Crippen LogP contribution in [0.25, 0.3) is 0 Å². The van der Waals surface area contributed by atoms with Crippen molar-refractivity contribution in [2.45, 2.75) is 33.2 Å². The molecule has 5 heteroatoms. The number of methoxy groups -OCH3 is 1. The van der Waals surface area contributed by atoms with Crippen LogP contribution in [-0.4, -0.2) is 33.5 Å². The van der Waals surface area contributed by atoms with E-state index in [0.717, 1.165) is 48.5 Å². The average Bonchev–Trinajstić information content (AvgIpc) is 2.46. The molecular formula is C16H26BrNO3. The number of nitrogens with one attached hydrogen (secondary N) is 1. The van der Waals surface area contributed by atoms with Crippen LogP contribution in [0.5, 0.6) is 11.5 Å². The number of hydrogen-bond donors (Lipinski definition) is 1. The zero-order valence-corrected chi connectivity index (χ0v) is 14.8. The summed E-state index contributed by atoms with van der Waals surface area (Å²) in [4.78, 5) is 0. The Bertz CT molecular complexity index is 413. The predicted molar refractivity (Wildman–Crippen MR) is 89.3 cm³/mol. The summed E-state index contributed by atoms with van der Waals surface area (Å²) in [7, 11) is 1.72. The van der Waals surface area contributed by atoms with Crippen molar-refractivity contribution in [2.24, 2.45) is 0 Å². The first-order valence-corrected chi connectivity index (χ1v) is 8.29. The Morgan fingerprint density at radius 3 is 2.62 bits per heavy atom. The van der Waals surface area contributed by atoms with E-state index >= 15 is 0 Å². The van der Waals surface area contributed by atoms with E-state index in [-0.39, 0.29) is 0 Å². The molecule has 0 aliphatic heterocycles. The van der Waals surface area contributed by atoms with Crippen molar-refractivity contribution >= 4 is 15.9 Å². The molecule has 0 atom stereocenters. The van der Waals surface area contributed by atoms with Crippen molar-refractivity contribution in [1.82, 2.24) is 5.32 Å². The molecule has 120 valence electrons. The van der Waals surface area contributed by atoms with Crippen LogP contribution in [0.2, 0.25) is 0 Å². The minimum absolute atomic E-state index is 0.625. The van der Waals surface area contributed by atoms with E-state index in [1.807, 2.05) is 13.0 Å². The molecule has 0 bridgehead atoms. The zero-order valence-electron chi connectivity index (χ0n) is 13.2. The van der Waals surface area contributed by atoms with Crippen molar-refractivity contribution in [3.63, 3.8) is 0 Å². The van der Waals surface area contributed by atoms with Gasteiger partial charge in [-0.05, 0) is 59.9 Å². The van der Waals surface area contributed by atoms with E-state index in [0.29, 0.717) is 13.2 Å². The summed E-state index contributed by atoms with van der Waals surface area (Å²) in [5, 5.41) is 3.40. The lowest BCUT2D eigenvalue weighted by Crippen LogP contribution is -2.16. The van der Waals surface area contributed by atoms with Gasteiger partial charge in [0.25, 0.3) is 0 Å². The van der Waals surface area contributed by atoms with Gasteiger partial charge in [0.2, 0.25) is 0 Å². The van der Waals surface area contributed by atoms with Gasteiger partial charge in [0.15, 0.2) is 11.5 Å². The molecule has 0 heterocycles. The van der Waals surface area contributed by atoms with Crippen LogP contribution in [-0.2, 0) is 11.3 Å². The van der Waals surface area contributed by atoms with Crippen molar-refractivity contribution < 1.29 is 14.2 Å². The van der Waals surface area contributed by atoms with E-state index in [1.165, 1.54) is 5.56 Å². The van der Waals surface area contributed by atoms with E-state index in [4.69, 9.17) is 14.2 Å². The van der Waals surface area contributed by atoms with Crippen LogP contribution in [0.15, 0.2) is 16.6 Å². The summed E-state index contributed by atoms with van der Waals surface area (Å²) in [6.07, 6.45) is 1.98. The summed E-state index contributed by atoms with van der Waals surface area (Å²) >= 11 is 3.58. The summed E-state index contributed by atoms with van der Waals surface area (Å²) in [6, 6.07) is 4.12. The minimum atomic E-state index is 0.625. The Kier molecular flexibility index (Phi) is 9.46. The number of benzene rings is 1. The monoisotopic (exact) mass is 359 g/mol. The maximum absolute atomic E-state index is 5.77. The molecule has 0 radical (unpaired) electrons. The van der Waals surface area contributed by atoms with Gasteiger partial charge in [0.05, 0.1) is 17.7 Å². The lowest BCUT2D eigenvalue weighted by atomic mass is 10.2. The largest absolute Gasteiger partial charge is 0.490 e. The Morgan fingerprint density at radius 2 is 1.95 bits per heavy atom. The fraction of sp³-hybridized carbons (Fsp3) is 0.625. The molecule has 1 aromatic rings. The second-order valence-corrected chi connectivity index (χ2v) is 5.56. The molecule has 0 aliphatic rings. The van der Waals surface area contributed by atoms with Crippen molar-refractivity contribution in [3.8, 4) is 11.5 Å². The minimum Gasteiger partial charge on any atom is -0.490 e. The van der Waals surface area contributed by atoms with Crippen LogP contribution in [0.4, 0.5) is 0 Å².